The number of piperidine rings is 1. The first kappa shape index (κ1) is 35.9. The van der Waals surface area contributed by atoms with Gasteiger partial charge in [-0.1, -0.05) is 48.5 Å². The van der Waals surface area contributed by atoms with Crippen LogP contribution in [-0.2, 0) is 25.6 Å². The molecular weight excluding hydrogens is 642 g/mol. The maximum Gasteiger partial charge on any atom is 0.265 e. The molecule has 13 nitrogen and oxygen atoms in total. The van der Waals surface area contributed by atoms with Crippen molar-refractivity contribution < 1.29 is 38.6 Å². The Bertz CT molecular complexity index is 1640. The molecule has 3 heterocycles. The number of nitrogens with zero attached hydrogens (tertiary/aromatic N) is 1. The fourth-order valence-corrected chi connectivity index (χ4v) is 5.91. The Balaban J connectivity index is 1.39. The van der Waals surface area contributed by atoms with Gasteiger partial charge in [-0.15, -0.1) is 0 Å². The zero-order chi connectivity index (χ0) is 35.7. The second-order valence-corrected chi connectivity index (χ2v) is 12.5. The Morgan fingerprint density at radius 2 is 1.46 bits per heavy atom. The fraction of sp³-hybridized carbons (Fsp3) is 0.378. The highest BCUT2D eigenvalue weighted by molar-refractivity contribution is 5.97. The van der Waals surface area contributed by atoms with Crippen LogP contribution in [0.25, 0.3) is 0 Å². The van der Waals surface area contributed by atoms with E-state index in [1.54, 1.807) is 53.4 Å². The molecule has 6 rings (SSSR count). The lowest BCUT2D eigenvalue weighted by Gasteiger charge is -2.41. The Morgan fingerprint density at radius 3 is 2.10 bits per heavy atom. The van der Waals surface area contributed by atoms with Gasteiger partial charge in [-0.2, -0.15) is 0 Å². The summed E-state index contributed by atoms with van der Waals surface area (Å²) in [5.41, 5.74) is -0.156. The van der Waals surface area contributed by atoms with Gasteiger partial charge in [-0.05, 0) is 55.8 Å². The number of fused-ring (bicyclic) bond motifs is 15. The third-order valence-corrected chi connectivity index (χ3v) is 8.82. The molecule has 1 saturated heterocycles. The first-order valence-electron chi connectivity index (χ1n) is 16.7. The minimum absolute atomic E-state index is 0.102. The highest BCUT2D eigenvalue weighted by atomic mass is 16.5. The number of benzene rings is 3. The lowest BCUT2D eigenvalue weighted by molar-refractivity contribution is -0.145. The maximum absolute atomic E-state index is 14.1. The maximum atomic E-state index is 14.1. The minimum Gasteiger partial charge on any atom is -0.492 e. The summed E-state index contributed by atoms with van der Waals surface area (Å²) in [7, 11) is 0. The molecule has 3 aliphatic heterocycles. The third kappa shape index (κ3) is 8.97. The smallest absolute Gasteiger partial charge is 0.265 e. The number of amides is 5. The Hall–Kier alpha value is -5.43. The van der Waals surface area contributed by atoms with Crippen LogP contribution in [0, 0.1) is 0 Å². The van der Waals surface area contributed by atoms with E-state index in [2.05, 4.69) is 21.3 Å². The van der Waals surface area contributed by atoms with Crippen molar-refractivity contribution in [2.75, 3.05) is 26.2 Å². The van der Waals surface area contributed by atoms with E-state index in [1.807, 2.05) is 36.4 Å². The van der Waals surface area contributed by atoms with Gasteiger partial charge < -0.3 is 40.7 Å². The van der Waals surface area contributed by atoms with Gasteiger partial charge in [0.25, 0.3) is 11.8 Å². The minimum atomic E-state index is -1.50. The number of hydrogen-bond donors (Lipinski definition) is 5. The van der Waals surface area contributed by atoms with Gasteiger partial charge in [0.05, 0.1) is 12.6 Å². The summed E-state index contributed by atoms with van der Waals surface area (Å²) in [6.45, 7) is 3.48. The molecule has 13 heteroatoms. The largest absolute Gasteiger partial charge is 0.492 e. The number of aliphatic hydroxyl groups excluding tert-OH is 1. The lowest BCUT2D eigenvalue weighted by Crippen LogP contribution is -2.63. The molecule has 0 aliphatic carbocycles. The quantitative estimate of drug-likeness (QED) is 0.256. The van der Waals surface area contributed by atoms with Crippen molar-refractivity contribution in [2.24, 2.45) is 0 Å². The first-order chi connectivity index (χ1) is 24.0. The van der Waals surface area contributed by atoms with Crippen LogP contribution in [0.3, 0.4) is 0 Å². The highest BCUT2D eigenvalue weighted by Gasteiger charge is 2.46. The number of rotatable bonds is 4. The second-order valence-electron chi connectivity index (χ2n) is 12.5. The van der Waals surface area contributed by atoms with E-state index < -0.39 is 53.5 Å². The molecular formula is C37H43N5O8. The van der Waals surface area contributed by atoms with E-state index >= 15 is 0 Å². The molecule has 0 saturated carbocycles. The summed E-state index contributed by atoms with van der Waals surface area (Å²) in [6, 6.07) is 21.1. The number of aliphatic hydroxyl groups is 1. The van der Waals surface area contributed by atoms with Gasteiger partial charge in [0.2, 0.25) is 17.7 Å². The molecule has 0 radical (unpaired) electrons. The molecule has 0 aromatic heterocycles. The van der Waals surface area contributed by atoms with E-state index in [4.69, 9.17) is 9.47 Å². The monoisotopic (exact) mass is 685 g/mol. The van der Waals surface area contributed by atoms with E-state index in [1.165, 1.54) is 13.8 Å². The van der Waals surface area contributed by atoms with Crippen LogP contribution in [0.4, 0.5) is 0 Å². The third-order valence-electron chi connectivity index (χ3n) is 8.82. The van der Waals surface area contributed by atoms with Gasteiger partial charge in [0.1, 0.15) is 36.2 Å². The summed E-state index contributed by atoms with van der Waals surface area (Å²) in [5.74, 6) is -1.85. The number of likely N-dealkylation sites (tertiary alicyclic amines) is 1. The van der Waals surface area contributed by atoms with Crippen LogP contribution in [0.15, 0.2) is 84.9 Å². The summed E-state index contributed by atoms with van der Waals surface area (Å²) in [6.07, 6.45) is -0.947. The normalized spacial score (nSPS) is 22.5. The Kier molecular flexibility index (Phi) is 11.7. The van der Waals surface area contributed by atoms with E-state index in [0.717, 1.165) is 5.56 Å². The molecule has 3 aromatic rings. The van der Waals surface area contributed by atoms with Crippen molar-refractivity contribution in [2.45, 2.75) is 62.9 Å². The summed E-state index contributed by atoms with van der Waals surface area (Å²) < 4.78 is 12.2. The van der Waals surface area contributed by atoms with Crippen LogP contribution < -0.4 is 30.7 Å². The summed E-state index contributed by atoms with van der Waals surface area (Å²) in [5, 5.41) is 21.4. The van der Waals surface area contributed by atoms with Gasteiger partial charge in [0.15, 0.2) is 5.60 Å². The van der Waals surface area contributed by atoms with Gasteiger partial charge in [-0.25, -0.2) is 0 Å². The summed E-state index contributed by atoms with van der Waals surface area (Å²) >= 11 is 0. The number of carbonyl (C=O) groups excluding carboxylic acids is 5. The van der Waals surface area contributed by atoms with Crippen molar-refractivity contribution in [1.82, 2.24) is 26.2 Å². The van der Waals surface area contributed by atoms with Gasteiger partial charge in [-0.3, -0.25) is 24.0 Å². The average Bonchev–Trinajstić information content (AvgIpc) is 3.12. The van der Waals surface area contributed by atoms with Crippen molar-refractivity contribution in [3.05, 3.63) is 96.1 Å². The molecule has 264 valence electrons. The van der Waals surface area contributed by atoms with Crippen molar-refractivity contribution in [1.29, 1.82) is 0 Å². The molecule has 4 atom stereocenters. The van der Waals surface area contributed by atoms with Gasteiger partial charge in [0, 0.05) is 37.9 Å². The van der Waals surface area contributed by atoms with Crippen LogP contribution in [0.2, 0.25) is 0 Å². The molecule has 50 heavy (non-hydrogen) atoms. The molecule has 2 bridgehead atoms. The molecule has 5 N–H and O–H groups in total. The summed E-state index contributed by atoms with van der Waals surface area (Å²) in [4.78, 5) is 68.9. The Labute approximate surface area is 290 Å². The predicted molar refractivity (Wildman–Crippen MR) is 183 cm³/mol. The van der Waals surface area contributed by atoms with Crippen LogP contribution in [-0.4, -0.2) is 95.6 Å². The van der Waals surface area contributed by atoms with Crippen LogP contribution in [0.5, 0.6) is 11.5 Å². The SMILES string of the molecule is C[C@@H]1NC(=O)C([C@@H](C)O)NC(=O)C2(CCN(C(=O)c3ccccc3)CC2)Oc2ccc(cc2)OCCNC(=O)[C@H](Cc2ccccc2)NC1=O. The van der Waals surface area contributed by atoms with E-state index in [0.29, 0.717) is 17.1 Å². The standard InChI is InChI=1S/C37H43N5O8/c1-24-32(44)40-30(23-26-9-5-3-6-10-26)33(45)38-19-22-49-28-13-15-29(16-14-28)50-37(36(48)41-31(25(2)43)34(46)39-24)17-20-42(21-18-37)35(47)27-11-7-4-8-12-27/h3-16,24-25,30-31,43H,17-23H2,1-2H3,(H,38,45)(H,39,46)(H,40,44)(H,41,48)/t24-,25+,30-,31?/m0/s1. The first-order valence-corrected chi connectivity index (χ1v) is 16.7. The number of nitrogens with one attached hydrogen (secondary N) is 4. The molecule has 3 aliphatic rings. The van der Waals surface area contributed by atoms with Crippen molar-refractivity contribution in [3.8, 4) is 11.5 Å². The van der Waals surface area contributed by atoms with Crippen LogP contribution >= 0.6 is 0 Å². The topological polar surface area (TPSA) is 175 Å². The van der Waals surface area contributed by atoms with Crippen molar-refractivity contribution in [3.63, 3.8) is 0 Å². The van der Waals surface area contributed by atoms with E-state index in [9.17, 15) is 29.1 Å². The van der Waals surface area contributed by atoms with Crippen molar-refractivity contribution >= 4 is 29.5 Å². The zero-order valence-electron chi connectivity index (χ0n) is 28.1. The molecule has 1 fully saturated rings. The zero-order valence-corrected chi connectivity index (χ0v) is 28.1. The van der Waals surface area contributed by atoms with E-state index in [-0.39, 0.29) is 51.4 Å². The number of ether oxygens (including phenoxy) is 2. The predicted octanol–water partition coefficient (Wildman–Crippen LogP) is 1.35. The highest BCUT2D eigenvalue weighted by Crippen LogP contribution is 2.31. The molecule has 1 spiro atoms. The Morgan fingerprint density at radius 1 is 0.840 bits per heavy atom. The number of hydrogen-bond acceptors (Lipinski definition) is 8. The van der Waals surface area contributed by atoms with Gasteiger partial charge >= 0.3 is 0 Å². The number of carbonyl (C=O) groups is 5. The fourth-order valence-electron chi connectivity index (χ4n) is 5.91. The molecule has 5 amide bonds. The second kappa shape index (κ2) is 16.3. The molecule has 1 unspecified atom stereocenters. The molecule has 3 aromatic carbocycles. The average molecular weight is 686 g/mol. The lowest BCUT2D eigenvalue weighted by atomic mass is 9.88. The van der Waals surface area contributed by atoms with Crippen LogP contribution in [0.1, 0.15) is 42.6 Å².